The van der Waals surface area contributed by atoms with Crippen LogP contribution in [0, 0.1) is 0 Å². The number of imide groups is 1. The second-order valence-electron chi connectivity index (χ2n) is 8.64. The van der Waals surface area contributed by atoms with Crippen LogP contribution >= 0.6 is 0 Å². The molecule has 0 saturated heterocycles. The molecule has 6 heteroatoms. The highest BCUT2D eigenvalue weighted by Crippen LogP contribution is 2.30. The largest absolute Gasteiger partial charge is 0.484 e. The van der Waals surface area contributed by atoms with Gasteiger partial charge < -0.3 is 10.1 Å². The number of hydrogen-bond donors (Lipinski definition) is 1. The molecule has 0 spiro atoms. The minimum absolute atomic E-state index is 0.0817. The molecule has 6 nitrogen and oxygen atoms in total. The van der Waals surface area contributed by atoms with Crippen LogP contribution in [0.15, 0.2) is 72.8 Å². The molecule has 1 N–H and O–H groups in total. The van der Waals surface area contributed by atoms with Gasteiger partial charge in [-0.15, -0.1) is 0 Å². The smallest absolute Gasteiger partial charge is 0.266 e. The molecule has 0 bridgehead atoms. The van der Waals surface area contributed by atoms with Crippen LogP contribution in [0.2, 0.25) is 0 Å². The standard InChI is InChI=1S/C27H26N2O4/c1-4-27(2,3)18-10-13-21(14-11-18)33-17-24(30)28-19-12-15-22-23(16-19)26(32)29(25(22)31)20-8-6-5-7-9-20/h5-16H,4,17H2,1-3H3,(H,28,30). The van der Waals surface area contributed by atoms with E-state index in [0.717, 1.165) is 11.3 Å². The van der Waals surface area contributed by atoms with E-state index >= 15 is 0 Å². The third-order valence-electron chi connectivity index (χ3n) is 6.07. The predicted molar refractivity (Wildman–Crippen MR) is 128 cm³/mol. The first-order valence-electron chi connectivity index (χ1n) is 10.9. The maximum Gasteiger partial charge on any atom is 0.266 e. The SMILES string of the molecule is CCC(C)(C)c1ccc(OCC(=O)Nc2ccc3c(c2)C(=O)N(c2ccccc2)C3=O)cc1. The van der Waals surface area contributed by atoms with E-state index in [-0.39, 0.29) is 29.4 Å². The Hall–Kier alpha value is -3.93. The van der Waals surface area contributed by atoms with E-state index in [4.69, 9.17) is 4.74 Å². The highest BCUT2D eigenvalue weighted by Gasteiger charge is 2.36. The van der Waals surface area contributed by atoms with Gasteiger partial charge in [-0.05, 0) is 59.9 Å². The first-order chi connectivity index (χ1) is 15.8. The lowest BCUT2D eigenvalue weighted by Gasteiger charge is -2.23. The summed E-state index contributed by atoms with van der Waals surface area (Å²) in [6, 6.07) is 21.2. The number of nitrogens with one attached hydrogen (secondary N) is 1. The minimum atomic E-state index is -0.413. The van der Waals surface area contributed by atoms with Gasteiger partial charge in [-0.3, -0.25) is 14.4 Å². The zero-order chi connectivity index (χ0) is 23.6. The number of hydrogen-bond acceptors (Lipinski definition) is 4. The van der Waals surface area contributed by atoms with Gasteiger partial charge in [0.25, 0.3) is 17.7 Å². The minimum Gasteiger partial charge on any atom is -0.484 e. The summed E-state index contributed by atoms with van der Waals surface area (Å²) in [4.78, 5) is 39.1. The Balaban J connectivity index is 1.40. The molecule has 0 fully saturated rings. The van der Waals surface area contributed by atoms with E-state index in [0.29, 0.717) is 22.7 Å². The first-order valence-corrected chi connectivity index (χ1v) is 10.9. The number of rotatable bonds is 7. The highest BCUT2D eigenvalue weighted by molar-refractivity contribution is 6.34. The number of benzene rings is 3. The summed E-state index contributed by atoms with van der Waals surface area (Å²) in [7, 11) is 0. The third-order valence-corrected chi connectivity index (χ3v) is 6.07. The van der Waals surface area contributed by atoms with Crippen LogP contribution in [0.4, 0.5) is 11.4 Å². The van der Waals surface area contributed by atoms with Gasteiger partial charge in [0.2, 0.25) is 0 Å². The maximum absolute atomic E-state index is 12.8. The molecule has 0 unspecified atom stereocenters. The van der Waals surface area contributed by atoms with Crippen LogP contribution in [-0.2, 0) is 10.2 Å². The molecule has 3 aromatic carbocycles. The lowest BCUT2D eigenvalue weighted by atomic mass is 9.82. The number of fused-ring (bicyclic) bond motifs is 1. The summed E-state index contributed by atoms with van der Waals surface area (Å²) in [5, 5.41) is 2.73. The fraction of sp³-hybridized carbons (Fsp3) is 0.222. The van der Waals surface area contributed by atoms with Crippen molar-refractivity contribution in [2.45, 2.75) is 32.6 Å². The topological polar surface area (TPSA) is 75.7 Å². The van der Waals surface area contributed by atoms with Crippen LogP contribution in [0.5, 0.6) is 5.75 Å². The van der Waals surface area contributed by atoms with Crippen LogP contribution in [0.3, 0.4) is 0 Å². The molecule has 1 aliphatic rings. The van der Waals surface area contributed by atoms with E-state index in [9.17, 15) is 14.4 Å². The zero-order valence-corrected chi connectivity index (χ0v) is 18.9. The molecule has 3 aromatic rings. The Labute approximate surface area is 193 Å². The van der Waals surface area contributed by atoms with Crippen molar-refractivity contribution in [1.82, 2.24) is 0 Å². The summed E-state index contributed by atoms with van der Waals surface area (Å²) in [6.45, 7) is 6.35. The fourth-order valence-corrected chi connectivity index (χ4v) is 3.68. The Morgan fingerprint density at radius 2 is 1.58 bits per heavy atom. The Morgan fingerprint density at radius 1 is 0.909 bits per heavy atom. The second-order valence-corrected chi connectivity index (χ2v) is 8.64. The predicted octanol–water partition coefficient (Wildman–Crippen LogP) is 5.19. The van der Waals surface area contributed by atoms with Crippen molar-refractivity contribution >= 4 is 29.1 Å². The summed E-state index contributed by atoms with van der Waals surface area (Å²) in [6.07, 6.45) is 1.02. The molecule has 4 rings (SSSR count). The van der Waals surface area contributed by atoms with Crippen molar-refractivity contribution < 1.29 is 19.1 Å². The van der Waals surface area contributed by atoms with Gasteiger partial charge in [-0.25, -0.2) is 4.90 Å². The number of para-hydroxylation sites is 1. The van der Waals surface area contributed by atoms with E-state index in [1.54, 1.807) is 36.4 Å². The van der Waals surface area contributed by atoms with Gasteiger partial charge in [-0.2, -0.15) is 0 Å². The monoisotopic (exact) mass is 442 g/mol. The van der Waals surface area contributed by atoms with Crippen molar-refractivity contribution in [2.24, 2.45) is 0 Å². The number of anilines is 2. The number of carbonyl (C=O) groups is 3. The normalized spacial score (nSPS) is 13.1. The lowest BCUT2D eigenvalue weighted by Crippen LogP contribution is -2.29. The summed E-state index contributed by atoms with van der Waals surface area (Å²) in [5.41, 5.74) is 2.81. The summed E-state index contributed by atoms with van der Waals surface area (Å²) >= 11 is 0. The van der Waals surface area contributed by atoms with E-state index < -0.39 is 5.91 Å². The number of carbonyl (C=O) groups excluding carboxylic acids is 3. The average molecular weight is 443 g/mol. The van der Waals surface area contributed by atoms with Crippen molar-refractivity contribution in [3.05, 3.63) is 89.5 Å². The molecule has 0 radical (unpaired) electrons. The van der Waals surface area contributed by atoms with Gasteiger partial charge in [0.1, 0.15) is 5.75 Å². The molecule has 168 valence electrons. The molecule has 0 aromatic heterocycles. The molecule has 0 aliphatic carbocycles. The molecule has 3 amide bonds. The number of ether oxygens (including phenoxy) is 1. The molecular weight excluding hydrogens is 416 g/mol. The van der Waals surface area contributed by atoms with Gasteiger partial charge in [0, 0.05) is 5.69 Å². The maximum atomic E-state index is 12.8. The molecule has 0 atom stereocenters. The highest BCUT2D eigenvalue weighted by atomic mass is 16.5. The van der Waals surface area contributed by atoms with Gasteiger partial charge in [0.15, 0.2) is 6.61 Å². The van der Waals surface area contributed by atoms with Crippen molar-refractivity contribution in [2.75, 3.05) is 16.8 Å². The Morgan fingerprint density at radius 3 is 2.24 bits per heavy atom. The fourth-order valence-electron chi connectivity index (χ4n) is 3.68. The quantitative estimate of drug-likeness (QED) is 0.511. The summed E-state index contributed by atoms with van der Waals surface area (Å²) in [5.74, 6) is -0.542. The molecule has 1 heterocycles. The Bertz CT molecular complexity index is 1200. The second kappa shape index (κ2) is 8.90. The first kappa shape index (κ1) is 22.3. The molecule has 33 heavy (non-hydrogen) atoms. The van der Waals surface area contributed by atoms with Gasteiger partial charge >= 0.3 is 0 Å². The van der Waals surface area contributed by atoms with E-state index in [1.807, 2.05) is 30.3 Å². The number of amides is 3. The third kappa shape index (κ3) is 4.51. The Kier molecular flexibility index (Phi) is 6.01. The van der Waals surface area contributed by atoms with Crippen molar-refractivity contribution in [3.63, 3.8) is 0 Å². The van der Waals surface area contributed by atoms with Crippen molar-refractivity contribution in [1.29, 1.82) is 0 Å². The lowest BCUT2D eigenvalue weighted by molar-refractivity contribution is -0.118. The molecular formula is C27H26N2O4. The van der Waals surface area contributed by atoms with Crippen molar-refractivity contribution in [3.8, 4) is 5.75 Å². The zero-order valence-electron chi connectivity index (χ0n) is 18.9. The van der Waals surface area contributed by atoms with Crippen LogP contribution in [-0.4, -0.2) is 24.3 Å². The van der Waals surface area contributed by atoms with Crippen LogP contribution in [0.1, 0.15) is 53.5 Å². The van der Waals surface area contributed by atoms with Gasteiger partial charge in [-0.1, -0.05) is 51.1 Å². The van der Waals surface area contributed by atoms with Gasteiger partial charge in [0.05, 0.1) is 16.8 Å². The molecule has 0 saturated carbocycles. The number of nitrogens with zero attached hydrogens (tertiary/aromatic N) is 1. The van der Waals surface area contributed by atoms with Crippen LogP contribution in [0.25, 0.3) is 0 Å². The summed E-state index contributed by atoms with van der Waals surface area (Å²) < 4.78 is 5.61. The molecule has 1 aliphatic heterocycles. The van der Waals surface area contributed by atoms with Crippen LogP contribution < -0.4 is 15.0 Å². The van der Waals surface area contributed by atoms with E-state index in [2.05, 4.69) is 26.1 Å². The average Bonchev–Trinajstić information content (AvgIpc) is 3.08. The van der Waals surface area contributed by atoms with E-state index in [1.165, 1.54) is 11.6 Å².